The van der Waals surface area contributed by atoms with Gasteiger partial charge < -0.3 is 38.3 Å². The molecule has 0 heterocycles. The number of aliphatic imine (C=N–C) groups is 1. The highest BCUT2D eigenvalue weighted by Crippen LogP contribution is 2.10. The van der Waals surface area contributed by atoms with E-state index in [0.717, 1.165) is 0 Å². The van der Waals surface area contributed by atoms with Crippen LogP contribution in [0.4, 0.5) is 0 Å². The van der Waals surface area contributed by atoms with Crippen molar-refractivity contribution in [3.05, 3.63) is 0 Å². The van der Waals surface area contributed by atoms with Crippen LogP contribution < -0.4 is 33.2 Å². The van der Waals surface area contributed by atoms with Crippen LogP contribution in [0.1, 0.15) is 46.5 Å². The van der Waals surface area contributed by atoms with E-state index < -0.39 is 47.9 Å². The van der Waals surface area contributed by atoms with Gasteiger partial charge in [-0.05, 0) is 44.1 Å². The lowest BCUT2D eigenvalue weighted by Gasteiger charge is -2.27. The molecule has 0 radical (unpaired) electrons. The highest BCUT2D eigenvalue weighted by atomic mass is 32.2. The van der Waals surface area contributed by atoms with E-state index in [-0.39, 0.29) is 24.8 Å². The second-order valence-corrected chi connectivity index (χ2v) is 8.82. The Labute approximate surface area is 199 Å². The van der Waals surface area contributed by atoms with Crippen molar-refractivity contribution in [3.63, 3.8) is 0 Å². The number of amides is 3. The van der Waals surface area contributed by atoms with Gasteiger partial charge in [0.2, 0.25) is 17.7 Å². The lowest BCUT2D eigenvalue weighted by Crippen LogP contribution is -2.58. The zero-order valence-corrected chi connectivity index (χ0v) is 20.6. The lowest BCUT2D eigenvalue weighted by molar-refractivity contribution is -0.142. The highest BCUT2D eigenvalue weighted by molar-refractivity contribution is 7.98. The third kappa shape index (κ3) is 12.3. The van der Waals surface area contributed by atoms with Crippen LogP contribution in [-0.4, -0.2) is 77.5 Å². The van der Waals surface area contributed by atoms with Gasteiger partial charge in [-0.1, -0.05) is 20.3 Å². The normalized spacial score (nSPS) is 15.3. The molecule has 190 valence electrons. The minimum Gasteiger partial charge on any atom is -0.480 e. The molecule has 0 aromatic rings. The smallest absolute Gasteiger partial charge is 0.325 e. The topological polar surface area (TPSA) is 215 Å². The monoisotopic (exact) mass is 489 g/mol. The largest absolute Gasteiger partial charge is 0.480 e. The number of guanidine groups is 1. The summed E-state index contributed by atoms with van der Waals surface area (Å²) in [4.78, 5) is 53.1. The molecule has 12 nitrogen and oxygen atoms in total. The molecule has 0 bridgehead atoms. The first-order valence-electron chi connectivity index (χ1n) is 10.9. The van der Waals surface area contributed by atoms with Gasteiger partial charge in [0.25, 0.3) is 0 Å². The molecule has 0 aliphatic heterocycles. The van der Waals surface area contributed by atoms with Crippen molar-refractivity contribution in [2.24, 2.45) is 28.1 Å². The number of nitrogens with two attached hydrogens (primary N) is 3. The fraction of sp³-hybridized carbons (Fsp3) is 0.750. The van der Waals surface area contributed by atoms with Crippen molar-refractivity contribution in [2.75, 3.05) is 18.6 Å². The van der Waals surface area contributed by atoms with Crippen LogP contribution in [0.3, 0.4) is 0 Å². The van der Waals surface area contributed by atoms with Crippen LogP contribution in [-0.2, 0) is 19.2 Å². The predicted molar refractivity (Wildman–Crippen MR) is 129 cm³/mol. The maximum Gasteiger partial charge on any atom is 0.325 e. The summed E-state index contributed by atoms with van der Waals surface area (Å²) in [6.07, 6.45) is 3.48. The van der Waals surface area contributed by atoms with E-state index in [4.69, 9.17) is 22.3 Å². The first kappa shape index (κ1) is 30.5. The van der Waals surface area contributed by atoms with Crippen molar-refractivity contribution >= 4 is 41.4 Å². The maximum absolute atomic E-state index is 13.1. The van der Waals surface area contributed by atoms with Crippen molar-refractivity contribution in [3.8, 4) is 0 Å². The van der Waals surface area contributed by atoms with Crippen LogP contribution in [0.2, 0.25) is 0 Å². The molecule has 33 heavy (non-hydrogen) atoms. The first-order chi connectivity index (χ1) is 15.4. The summed E-state index contributed by atoms with van der Waals surface area (Å²) in [5, 5.41) is 16.8. The second-order valence-electron chi connectivity index (χ2n) is 7.84. The Morgan fingerprint density at radius 2 is 1.64 bits per heavy atom. The molecule has 0 saturated carbocycles. The SMILES string of the molecule is CCC(C)C(NC(=O)C(N)CCSC)C(=O)NC(CCCN=C(N)N)C(=O)NC(C)C(=O)O. The third-order valence-corrected chi connectivity index (χ3v) is 5.71. The third-order valence-electron chi connectivity index (χ3n) is 5.07. The Morgan fingerprint density at radius 1 is 1.00 bits per heavy atom. The average Bonchev–Trinajstić information content (AvgIpc) is 2.76. The summed E-state index contributed by atoms with van der Waals surface area (Å²) in [6, 6.07) is -3.85. The van der Waals surface area contributed by atoms with Gasteiger partial charge in [0.05, 0.1) is 6.04 Å². The molecule has 10 N–H and O–H groups in total. The lowest BCUT2D eigenvalue weighted by atomic mass is 9.97. The molecule has 13 heteroatoms. The second kappa shape index (κ2) is 16.1. The van der Waals surface area contributed by atoms with E-state index in [1.165, 1.54) is 6.92 Å². The van der Waals surface area contributed by atoms with Crippen molar-refractivity contribution in [2.45, 2.75) is 70.6 Å². The van der Waals surface area contributed by atoms with Gasteiger partial charge in [0.15, 0.2) is 5.96 Å². The number of carboxylic acids is 1. The van der Waals surface area contributed by atoms with E-state index in [2.05, 4.69) is 20.9 Å². The average molecular weight is 490 g/mol. The van der Waals surface area contributed by atoms with Gasteiger partial charge >= 0.3 is 5.97 Å². The Morgan fingerprint density at radius 3 is 2.15 bits per heavy atom. The predicted octanol–water partition coefficient (Wildman–Crippen LogP) is -1.27. The maximum atomic E-state index is 13.1. The Hall–Kier alpha value is -2.54. The number of hydrogen-bond acceptors (Lipinski definition) is 7. The standard InChI is InChI=1S/C20H39N7O5S/c1-5-11(2)15(27-16(28)13(21)8-10-33-4)18(30)26-14(7-6-9-24-20(22)23)17(29)25-12(3)19(31)32/h11-15H,5-10,21H2,1-4H3,(H,25,29)(H,26,30)(H,27,28)(H,31,32)(H4,22,23,24). The summed E-state index contributed by atoms with van der Waals surface area (Å²) in [5.74, 6) is -2.50. The zero-order valence-electron chi connectivity index (χ0n) is 19.8. The zero-order chi connectivity index (χ0) is 25.6. The van der Waals surface area contributed by atoms with Crippen molar-refractivity contribution in [1.29, 1.82) is 0 Å². The number of aliphatic carboxylic acids is 1. The molecule has 0 spiro atoms. The minimum absolute atomic E-state index is 0.100. The van der Waals surface area contributed by atoms with E-state index in [1.54, 1.807) is 18.7 Å². The quantitative estimate of drug-likeness (QED) is 0.0779. The van der Waals surface area contributed by atoms with Crippen LogP contribution in [0.5, 0.6) is 0 Å². The molecule has 5 unspecified atom stereocenters. The molecule has 0 fully saturated rings. The van der Waals surface area contributed by atoms with Crippen LogP contribution in [0.15, 0.2) is 4.99 Å². The molecule has 0 aliphatic rings. The number of carbonyl (C=O) groups is 4. The molecule has 0 rings (SSSR count). The van der Waals surface area contributed by atoms with Gasteiger partial charge in [-0.15, -0.1) is 0 Å². The van der Waals surface area contributed by atoms with Gasteiger partial charge in [-0.2, -0.15) is 11.8 Å². The fourth-order valence-corrected chi connectivity index (χ4v) is 3.24. The first-order valence-corrected chi connectivity index (χ1v) is 12.3. The van der Waals surface area contributed by atoms with Crippen molar-refractivity contribution < 1.29 is 24.3 Å². The van der Waals surface area contributed by atoms with Crippen LogP contribution in [0, 0.1) is 5.92 Å². The van der Waals surface area contributed by atoms with E-state index in [0.29, 0.717) is 25.0 Å². The summed E-state index contributed by atoms with van der Waals surface area (Å²) >= 11 is 1.56. The number of carbonyl (C=O) groups excluding carboxylic acids is 3. The molecular formula is C20H39N7O5S. The van der Waals surface area contributed by atoms with E-state index in [1.807, 2.05) is 13.2 Å². The number of rotatable bonds is 16. The van der Waals surface area contributed by atoms with E-state index in [9.17, 15) is 19.2 Å². The number of nitrogens with one attached hydrogen (secondary N) is 3. The number of nitrogens with zero attached hydrogens (tertiary/aromatic N) is 1. The minimum atomic E-state index is -1.21. The molecule has 0 saturated heterocycles. The van der Waals surface area contributed by atoms with E-state index >= 15 is 0 Å². The number of hydrogen-bond donors (Lipinski definition) is 7. The summed E-state index contributed by atoms with van der Waals surface area (Å²) < 4.78 is 0. The molecule has 0 aromatic heterocycles. The Bertz CT molecular complexity index is 688. The van der Waals surface area contributed by atoms with Gasteiger partial charge in [-0.25, -0.2) is 0 Å². The number of thioether (sulfide) groups is 1. The van der Waals surface area contributed by atoms with Gasteiger partial charge in [0, 0.05) is 6.54 Å². The Balaban J connectivity index is 5.44. The van der Waals surface area contributed by atoms with Crippen molar-refractivity contribution in [1.82, 2.24) is 16.0 Å². The summed E-state index contributed by atoms with van der Waals surface area (Å²) in [5.41, 5.74) is 16.5. The van der Waals surface area contributed by atoms with Crippen LogP contribution in [0.25, 0.3) is 0 Å². The fourth-order valence-electron chi connectivity index (χ4n) is 2.75. The summed E-state index contributed by atoms with van der Waals surface area (Å²) in [6.45, 7) is 5.22. The highest BCUT2D eigenvalue weighted by Gasteiger charge is 2.31. The molecule has 0 aliphatic carbocycles. The Kier molecular flexibility index (Phi) is 14.9. The molecule has 0 aromatic carbocycles. The van der Waals surface area contributed by atoms with Gasteiger partial charge in [-0.3, -0.25) is 24.2 Å². The number of carboxylic acid groups (broad SMARTS) is 1. The van der Waals surface area contributed by atoms with Crippen LogP contribution >= 0.6 is 11.8 Å². The molecule has 5 atom stereocenters. The molecule has 3 amide bonds. The van der Waals surface area contributed by atoms with Gasteiger partial charge in [0.1, 0.15) is 18.1 Å². The summed E-state index contributed by atoms with van der Waals surface area (Å²) in [7, 11) is 0. The molecular weight excluding hydrogens is 450 g/mol.